The molecule has 4 rings (SSSR count). The van der Waals surface area contributed by atoms with Crippen molar-refractivity contribution in [3.8, 4) is 23.0 Å². The molecule has 2 aliphatic heterocycles. The molecule has 0 unspecified atom stereocenters. The van der Waals surface area contributed by atoms with Gasteiger partial charge in [-0.2, -0.15) is 0 Å². The van der Waals surface area contributed by atoms with Crippen LogP contribution in [0.15, 0.2) is 42.5 Å². The van der Waals surface area contributed by atoms with Crippen LogP contribution in [0, 0.1) is 0 Å². The van der Waals surface area contributed by atoms with Crippen LogP contribution < -0.4 is 9.47 Å². The molecule has 2 saturated heterocycles. The number of hydrogen-bond acceptors (Lipinski definition) is 15. The van der Waals surface area contributed by atoms with E-state index < -0.39 is 74.0 Å². The number of phenolic OH excluding ortho intramolecular Hbond substituents is 2. The van der Waals surface area contributed by atoms with E-state index in [1.165, 1.54) is 51.5 Å². The van der Waals surface area contributed by atoms with Crippen LogP contribution in [0.25, 0.3) is 6.08 Å². The first-order chi connectivity index (χ1) is 22.0. The summed E-state index contributed by atoms with van der Waals surface area (Å²) in [6.45, 7) is 0.733. The number of hydrogen-bond donors (Lipinski definition) is 7. The molecule has 10 atom stereocenters. The standard InChI is InChI=1S/C31H40O15/c1-15-24(36)25(37)26(38)31(43-15)46-29-27(39)30(42-11-10-17-5-8-19(34)21(13-17)41-3)44-22(14-32)28(29)45-23(35)9-6-16-4-7-18(33)20(12-16)40-2/h4-9,12-13,15,22,24-34,36-39H,10-11,14H2,1-3H3/b9-6+/t15-,22+,24-,25+,26+,27+,28+,29+,30+,31+/m1/s1. The van der Waals surface area contributed by atoms with Gasteiger partial charge in [0.05, 0.1) is 33.5 Å². The maximum Gasteiger partial charge on any atom is 0.331 e. The van der Waals surface area contributed by atoms with Gasteiger partial charge in [-0.05, 0) is 54.8 Å². The highest BCUT2D eigenvalue weighted by Crippen LogP contribution is 2.32. The average Bonchev–Trinajstić information content (AvgIpc) is 3.05. The van der Waals surface area contributed by atoms with Gasteiger partial charge in [0.25, 0.3) is 0 Å². The molecule has 0 spiro atoms. The van der Waals surface area contributed by atoms with Crippen molar-refractivity contribution in [3.63, 3.8) is 0 Å². The molecule has 0 aliphatic carbocycles. The topological polar surface area (TPSA) is 223 Å². The molecule has 2 aromatic carbocycles. The Bertz CT molecular complexity index is 1340. The first-order valence-electron chi connectivity index (χ1n) is 14.5. The fraction of sp³-hybridized carbons (Fsp3) is 0.516. The predicted molar refractivity (Wildman–Crippen MR) is 157 cm³/mol. The first-order valence-corrected chi connectivity index (χ1v) is 14.5. The molecule has 2 aliphatic rings. The summed E-state index contributed by atoms with van der Waals surface area (Å²) in [6.07, 6.45) is -12.0. The molecule has 15 heteroatoms. The molecule has 0 saturated carbocycles. The molecule has 15 nitrogen and oxygen atoms in total. The summed E-state index contributed by atoms with van der Waals surface area (Å²) in [4.78, 5) is 12.9. The molecule has 2 fully saturated rings. The van der Waals surface area contributed by atoms with E-state index in [0.29, 0.717) is 12.0 Å². The lowest BCUT2D eigenvalue weighted by Gasteiger charge is -2.46. The number of aliphatic hydroxyl groups excluding tert-OH is 5. The van der Waals surface area contributed by atoms with E-state index in [4.69, 9.17) is 33.2 Å². The number of ether oxygens (including phenoxy) is 7. The molecule has 2 heterocycles. The van der Waals surface area contributed by atoms with E-state index in [0.717, 1.165) is 11.6 Å². The third-order valence-corrected chi connectivity index (χ3v) is 7.68. The van der Waals surface area contributed by atoms with Crippen molar-refractivity contribution in [1.82, 2.24) is 0 Å². The largest absolute Gasteiger partial charge is 0.504 e. The molecule has 0 radical (unpaired) electrons. The molecule has 0 aromatic heterocycles. The molecule has 46 heavy (non-hydrogen) atoms. The Labute approximate surface area is 264 Å². The van der Waals surface area contributed by atoms with Crippen molar-refractivity contribution in [1.29, 1.82) is 0 Å². The average molecular weight is 653 g/mol. The Hall–Kier alpha value is -3.51. The summed E-state index contributed by atoms with van der Waals surface area (Å²) in [5.74, 6) is -0.622. The van der Waals surface area contributed by atoms with Crippen molar-refractivity contribution in [2.75, 3.05) is 27.4 Å². The summed E-state index contributed by atoms with van der Waals surface area (Å²) in [7, 11) is 2.78. The van der Waals surface area contributed by atoms with E-state index in [1.54, 1.807) is 12.1 Å². The number of carbonyl (C=O) groups excluding carboxylic acids is 1. The molecule has 254 valence electrons. The maximum atomic E-state index is 12.9. The zero-order chi connectivity index (χ0) is 33.5. The summed E-state index contributed by atoms with van der Waals surface area (Å²) in [6, 6.07) is 9.10. The summed E-state index contributed by atoms with van der Waals surface area (Å²) in [5.41, 5.74) is 1.22. The lowest BCUT2D eigenvalue weighted by molar-refractivity contribution is -0.357. The molecule has 0 amide bonds. The highest BCUT2D eigenvalue weighted by Gasteiger charge is 2.52. The van der Waals surface area contributed by atoms with Crippen molar-refractivity contribution >= 4 is 12.0 Å². The van der Waals surface area contributed by atoms with E-state index in [1.807, 2.05) is 0 Å². The van der Waals surface area contributed by atoms with Gasteiger partial charge in [-0.1, -0.05) is 12.1 Å². The van der Waals surface area contributed by atoms with E-state index in [9.17, 15) is 40.5 Å². The minimum Gasteiger partial charge on any atom is -0.504 e. The van der Waals surface area contributed by atoms with Gasteiger partial charge in [-0.15, -0.1) is 0 Å². The van der Waals surface area contributed by atoms with Gasteiger partial charge in [-0.3, -0.25) is 0 Å². The molecule has 0 bridgehead atoms. The van der Waals surface area contributed by atoms with E-state index in [2.05, 4.69) is 0 Å². The lowest BCUT2D eigenvalue weighted by atomic mass is 9.97. The van der Waals surface area contributed by atoms with E-state index in [-0.39, 0.29) is 29.6 Å². The van der Waals surface area contributed by atoms with Gasteiger partial charge in [0.15, 0.2) is 41.7 Å². The highest BCUT2D eigenvalue weighted by molar-refractivity contribution is 5.87. The number of rotatable bonds is 12. The molecule has 7 N–H and O–H groups in total. The molecular formula is C31H40O15. The summed E-state index contributed by atoms with van der Waals surface area (Å²) in [5, 5.41) is 72.1. The van der Waals surface area contributed by atoms with Crippen molar-refractivity contribution in [2.24, 2.45) is 0 Å². The monoisotopic (exact) mass is 652 g/mol. The minimum absolute atomic E-state index is 0.00565. The second kappa shape index (κ2) is 15.9. The third-order valence-electron chi connectivity index (χ3n) is 7.68. The van der Waals surface area contributed by atoms with Gasteiger partial charge in [0, 0.05) is 6.08 Å². The Morgan fingerprint density at radius 3 is 2.20 bits per heavy atom. The zero-order valence-electron chi connectivity index (χ0n) is 25.4. The second-order valence-electron chi connectivity index (χ2n) is 10.8. The van der Waals surface area contributed by atoms with Gasteiger partial charge in [0.1, 0.15) is 36.6 Å². The number of aliphatic hydroxyl groups is 5. The van der Waals surface area contributed by atoms with Gasteiger partial charge in [-0.25, -0.2) is 4.79 Å². The van der Waals surface area contributed by atoms with Crippen LogP contribution in [0.2, 0.25) is 0 Å². The number of phenols is 2. The number of methoxy groups -OCH3 is 2. The molecule has 2 aromatic rings. The lowest BCUT2D eigenvalue weighted by Crippen LogP contribution is -2.65. The van der Waals surface area contributed by atoms with Crippen LogP contribution in [-0.4, -0.2) is 131 Å². The van der Waals surface area contributed by atoms with Gasteiger partial charge < -0.3 is 68.9 Å². The quantitative estimate of drug-likeness (QED) is 0.114. The van der Waals surface area contributed by atoms with Gasteiger partial charge >= 0.3 is 5.97 Å². The van der Waals surface area contributed by atoms with Crippen LogP contribution in [0.3, 0.4) is 0 Å². The number of carbonyl (C=O) groups is 1. The molecular weight excluding hydrogens is 612 g/mol. The Balaban J connectivity index is 1.52. The van der Waals surface area contributed by atoms with Crippen LogP contribution in [0.5, 0.6) is 23.0 Å². The van der Waals surface area contributed by atoms with Crippen molar-refractivity contribution in [2.45, 2.75) is 74.8 Å². The van der Waals surface area contributed by atoms with Crippen molar-refractivity contribution < 1.29 is 73.7 Å². The second-order valence-corrected chi connectivity index (χ2v) is 10.8. The smallest absolute Gasteiger partial charge is 0.331 e. The minimum atomic E-state index is -1.75. The summed E-state index contributed by atoms with van der Waals surface area (Å²) >= 11 is 0. The number of benzene rings is 2. The predicted octanol–water partition coefficient (Wildman–Crippen LogP) is -0.410. The highest BCUT2D eigenvalue weighted by atomic mass is 16.7. The zero-order valence-corrected chi connectivity index (χ0v) is 25.4. The van der Waals surface area contributed by atoms with Crippen LogP contribution in [0.1, 0.15) is 18.1 Å². The maximum absolute atomic E-state index is 12.9. The Morgan fingerprint density at radius 2 is 1.52 bits per heavy atom. The number of aromatic hydroxyl groups is 2. The Morgan fingerprint density at radius 1 is 0.848 bits per heavy atom. The van der Waals surface area contributed by atoms with Gasteiger partial charge in [0.2, 0.25) is 0 Å². The van der Waals surface area contributed by atoms with Crippen LogP contribution in [0.4, 0.5) is 0 Å². The number of esters is 1. The first kappa shape index (κ1) is 35.3. The third kappa shape index (κ3) is 8.25. The summed E-state index contributed by atoms with van der Waals surface area (Å²) < 4.78 is 38.7. The normalized spacial score (nSPS) is 31.5. The fourth-order valence-corrected chi connectivity index (χ4v) is 5.06. The Kier molecular flexibility index (Phi) is 12.2. The van der Waals surface area contributed by atoms with Crippen LogP contribution in [-0.2, 0) is 34.9 Å². The van der Waals surface area contributed by atoms with Crippen LogP contribution >= 0.6 is 0 Å². The van der Waals surface area contributed by atoms with Crippen molar-refractivity contribution in [3.05, 3.63) is 53.6 Å². The SMILES string of the molecule is COc1cc(/C=C/C(=O)O[C@@H]2[C@@H](O[C@@H]3O[C@H](C)[C@@H](O)[C@H](O)[C@@H]3O)[C@H](O)[C@@H](OCCc3ccc(O)c(OC)c3)O[C@H]2CO)ccc1O. The van der Waals surface area contributed by atoms with E-state index >= 15 is 0 Å². The fourth-order valence-electron chi connectivity index (χ4n) is 5.06.